The van der Waals surface area contributed by atoms with Gasteiger partial charge < -0.3 is 5.84 Å². The van der Waals surface area contributed by atoms with Crippen LogP contribution in [0.1, 0.15) is 17.5 Å². The molecular weight excluding hydrogens is 220 g/mol. The highest BCUT2D eigenvalue weighted by Gasteiger charge is 2.14. The molecule has 0 saturated heterocycles. The Bertz CT molecular complexity index is 794. The van der Waals surface area contributed by atoms with Crippen LogP contribution in [0.2, 0.25) is 0 Å². The SMILES string of the molecule is Nn1c2ccccc2c2c3c(ccc21)CCC=C3. The van der Waals surface area contributed by atoms with E-state index in [0.29, 0.717) is 0 Å². The van der Waals surface area contributed by atoms with Gasteiger partial charge in [0.25, 0.3) is 0 Å². The minimum absolute atomic E-state index is 1.10. The molecule has 0 saturated carbocycles. The maximum Gasteiger partial charge on any atom is 0.0709 e. The molecule has 88 valence electrons. The van der Waals surface area contributed by atoms with Crippen molar-refractivity contribution in [2.24, 2.45) is 0 Å². The van der Waals surface area contributed by atoms with Crippen molar-refractivity contribution in [1.29, 1.82) is 0 Å². The molecule has 2 nitrogen and oxygen atoms in total. The molecule has 2 N–H and O–H groups in total. The molecule has 1 heterocycles. The van der Waals surface area contributed by atoms with Crippen LogP contribution in [0.15, 0.2) is 42.5 Å². The standard InChI is InChI=1S/C16H14N2/c17-18-14-8-4-3-7-13(14)16-12-6-2-1-5-11(12)9-10-15(16)18/h2-4,6-10H,1,5,17H2. The van der Waals surface area contributed by atoms with Crippen LogP contribution in [0, 0.1) is 0 Å². The molecule has 0 aliphatic heterocycles. The summed E-state index contributed by atoms with van der Waals surface area (Å²) in [4.78, 5) is 0. The number of nitrogens with two attached hydrogens (primary N) is 1. The van der Waals surface area contributed by atoms with Gasteiger partial charge in [0.2, 0.25) is 0 Å². The number of nitrogen functional groups attached to an aromatic ring is 1. The first-order valence-electron chi connectivity index (χ1n) is 6.33. The van der Waals surface area contributed by atoms with Crippen molar-refractivity contribution >= 4 is 27.9 Å². The zero-order valence-corrected chi connectivity index (χ0v) is 10.1. The van der Waals surface area contributed by atoms with Gasteiger partial charge in [0.05, 0.1) is 11.0 Å². The highest BCUT2D eigenvalue weighted by molar-refractivity contribution is 6.12. The van der Waals surface area contributed by atoms with Gasteiger partial charge in [0.15, 0.2) is 0 Å². The molecule has 1 aromatic heterocycles. The van der Waals surface area contributed by atoms with Crippen molar-refractivity contribution < 1.29 is 0 Å². The molecule has 0 amide bonds. The van der Waals surface area contributed by atoms with Crippen LogP contribution in [-0.2, 0) is 6.42 Å². The van der Waals surface area contributed by atoms with Crippen LogP contribution in [-0.4, -0.2) is 4.68 Å². The third-order valence-electron chi connectivity index (χ3n) is 3.87. The third-order valence-corrected chi connectivity index (χ3v) is 3.87. The first-order chi connectivity index (χ1) is 8.86. The number of nitrogens with zero attached hydrogens (tertiary/aromatic N) is 1. The van der Waals surface area contributed by atoms with E-state index in [1.165, 1.54) is 21.9 Å². The van der Waals surface area contributed by atoms with Crippen molar-refractivity contribution in [3.63, 3.8) is 0 Å². The van der Waals surface area contributed by atoms with E-state index in [1.54, 1.807) is 4.68 Å². The van der Waals surface area contributed by atoms with Gasteiger partial charge in [-0.15, -0.1) is 0 Å². The molecule has 0 bridgehead atoms. The van der Waals surface area contributed by atoms with E-state index in [9.17, 15) is 0 Å². The van der Waals surface area contributed by atoms with Crippen molar-refractivity contribution in [3.05, 3.63) is 53.6 Å². The van der Waals surface area contributed by atoms with Crippen LogP contribution >= 0.6 is 0 Å². The predicted octanol–water partition coefficient (Wildman–Crippen LogP) is 3.47. The zero-order chi connectivity index (χ0) is 12.1. The van der Waals surface area contributed by atoms with Crippen molar-refractivity contribution in [3.8, 4) is 0 Å². The number of para-hydroxylation sites is 1. The minimum atomic E-state index is 1.10. The first-order valence-corrected chi connectivity index (χ1v) is 6.33. The Labute approximate surface area is 105 Å². The lowest BCUT2D eigenvalue weighted by Crippen LogP contribution is -2.07. The number of aromatic nitrogens is 1. The van der Waals surface area contributed by atoms with E-state index < -0.39 is 0 Å². The molecule has 0 atom stereocenters. The van der Waals surface area contributed by atoms with Gasteiger partial charge in [-0.05, 0) is 36.1 Å². The second-order valence-corrected chi connectivity index (χ2v) is 4.86. The molecule has 2 heteroatoms. The Morgan fingerprint density at radius 1 is 1.00 bits per heavy atom. The summed E-state index contributed by atoms with van der Waals surface area (Å²) in [6.07, 6.45) is 6.77. The quantitative estimate of drug-likeness (QED) is 0.593. The van der Waals surface area contributed by atoms with E-state index in [0.717, 1.165) is 23.9 Å². The number of rotatable bonds is 0. The summed E-state index contributed by atoms with van der Waals surface area (Å²) in [5, 5.41) is 2.54. The molecule has 4 rings (SSSR count). The Balaban J connectivity index is 2.29. The fourth-order valence-corrected chi connectivity index (χ4v) is 3.01. The van der Waals surface area contributed by atoms with Crippen molar-refractivity contribution in [2.75, 3.05) is 5.84 Å². The second-order valence-electron chi connectivity index (χ2n) is 4.86. The molecule has 0 spiro atoms. The summed E-state index contributed by atoms with van der Waals surface area (Å²) in [6, 6.07) is 12.7. The Kier molecular flexibility index (Phi) is 1.84. The summed E-state index contributed by atoms with van der Waals surface area (Å²) < 4.78 is 1.80. The summed E-state index contributed by atoms with van der Waals surface area (Å²) in [5.41, 5.74) is 4.99. The largest absolute Gasteiger partial charge is 0.339 e. The average Bonchev–Trinajstić information content (AvgIpc) is 2.73. The van der Waals surface area contributed by atoms with E-state index in [1.807, 2.05) is 6.07 Å². The summed E-state index contributed by atoms with van der Waals surface area (Å²) in [7, 11) is 0. The smallest absolute Gasteiger partial charge is 0.0709 e. The fraction of sp³-hybridized carbons (Fsp3) is 0.125. The van der Waals surface area contributed by atoms with E-state index >= 15 is 0 Å². The highest BCUT2D eigenvalue weighted by atomic mass is 15.3. The Morgan fingerprint density at radius 2 is 1.89 bits per heavy atom. The molecule has 1 aliphatic rings. The summed E-state index contributed by atoms with van der Waals surface area (Å²) in [5.74, 6) is 6.20. The molecule has 1 aliphatic carbocycles. The lowest BCUT2D eigenvalue weighted by atomic mass is 9.93. The molecule has 0 fully saturated rings. The van der Waals surface area contributed by atoms with Crippen LogP contribution < -0.4 is 5.84 Å². The lowest BCUT2D eigenvalue weighted by molar-refractivity contribution is 0.989. The number of aryl methyl sites for hydroxylation is 1. The van der Waals surface area contributed by atoms with Gasteiger partial charge in [0.1, 0.15) is 0 Å². The number of hydrogen-bond donors (Lipinski definition) is 1. The Morgan fingerprint density at radius 3 is 2.83 bits per heavy atom. The van der Waals surface area contributed by atoms with Gasteiger partial charge in [0, 0.05) is 10.8 Å². The van der Waals surface area contributed by atoms with Crippen LogP contribution in [0.25, 0.3) is 27.9 Å². The first kappa shape index (κ1) is 9.77. The van der Waals surface area contributed by atoms with E-state index in [4.69, 9.17) is 5.84 Å². The minimum Gasteiger partial charge on any atom is -0.339 e. The average molecular weight is 234 g/mol. The van der Waals surface area contributed by atoms with Crippen molar-refractivity contribution in [2.45, 2.75) is 12.8 Å². The van der Waals surface area contributed by atoms with Crippen molar-refractivity contribution in [1.82, 2.24) is 4.68 Å². The number of hydrogen-bond acceptors (Lipinski definition) is 1. The zero-order valence-electron chi connectivity index (χ0n) is 10.1. The van der Waals surface area contributed by atoms with E-state index in [-0.39, 0.29) is 0 Å². The molecule has 0 radical (unpaired) electrons. The molecule has 2 aromatic carbocycles. The highest BCUT2D eigenvalue weighted by Crippen LogP contribution is 2.34. The summed E-state index contributed by atoms with van der Waals surface area (Å²) >= 11 is 0. The molecule has 0 unspecified atom stereocenters. The number of benzene rings is 2. The number of allylic oxidation sites excluding steroid dienone is 1. The van der Waals surface area contributed by atoms with Gasteiger partial charge >= 0.3 is 0 Å². The van der Waals surface area contributed by atoms with Gasteiger partial charge in [-0.25, -0.2) is 0 Å². The fourth-order valence-electron chi connectivity index (χ4n) is 3.01. The predicted molar refractivity (Wildman–Crippen MR) is 76.9 cm³/mol. The molecular formula is C16H14N2. The normalized spacial score (nSPS) is 14.2. The molecule has 3 aromatic rings. The Hall–Kier alpha value is -2.22. The van der Waals surface area contributed by atoms with Crippen LogP contribution in [0.3, 0.4) is 0 Å². The second kappa shape index (κ2) is 3.39. The maximum atomic E-state index is 6.20. The summed E-state index contributed by atoms with van der Waals surface area (Å²) in [6.45, 7) is 0. The molecule has 18 heavy (non-hydrogen) atoms. The van der Waals surface area contributed by atoms with Crippen LogP contribution in [0.5, 0.6) is 0 Å². The number of fused-ring (bicyclic) bond motifs is 5. The van der Waals surface area contributed by atoms with Crippen LogP contribution in [0.4, 0.5) is 0 Å². The lowest BCUT2D eigenvalue weighted by Gasteiger charge is -2.11. The van der Waals surface area contributed by atoms with Gasteiger partial charge in [-0.1, -0.05) is 36.4 Å². The monoisotopic (exact) mass is 234 g/mol. The maximum absolute atomic E-state index is 6.20. The van der Waals surface area contributed by atoms with Gasteiger partial charge in [-0.2, -0.15) is 0 Å². The van der Waals surface area contributed by atoms with E-state index in [2.05, 4.69) is 42.5 Å². The third kappa shape index (κ3) is 1.12. The topological polar surface area (TPSA) is 30.9 Å². The van der Waals surface area contributed by atoms with Gasteiger partial charge in [-0.3, -0.25) is 4.68 Å².